The van der Waals surface area contributed by atoms with E-state index in [4.69, 9.17) is 10.5 Å². The first-order valence-electron chi connectivity index (χ1n) is 10.5. The summed E-state index contributed by atoms with van der Waals surface area (Å²) < 4.78 is 24.7. The number of ether oxygens (including phenoxy) is 2. The average molecular weight is 507 g/mol. The highest BCUT2D eigenvalue weighted by atomic mass is 32.1. The van der Waals surface area contributed by atoms with Crippen LogP contribution < -0.4 is 30.5 Å². The number of amides is 1. The number of methoxy groups -OCH3 is 2. The minimum Gasteiger partial charge on any atom is -0.495 e. The molecule has 0 unspecified atom stereocenters. The van der Waals surface area contributed by atoms with E-state index in [0.717, 1.165) is 29.1 Å². The molecule has 11 heteroatoms. The molecule has 0 bridgehead atoms. The van der Waals surface area contributed by atoms with Crippen LogP contribution in [-0.4, -0.2) is 30.7 Å². The minimum atomic E-state index is -1.02. The maximum atomic E-state index is 13.8. The summed E-state index contributed by atoms with van der Waals surface area (Å²) in [6.45, 7) is 0. The number of aromatic nitrogens is 1. The Morgan fingerprint density at radius 3 is 2.53 bits per heavy atom. The van der Waals surface area contributed by atoms with Gasteiger partial charge >= 0.3 is 5.97 Å². The Morgan fingerprint density at radius 1 is 1.19 bits per heavy atom. The molecule has 1 atom stereocenters. The Balaban J connectivity index is 2.05. The van der Waals surface area contributed by atoms with Crippen molar-refractivity contribution in [3.8, 4) is 11.8 Å². The number of para-hydroxylation sites is 2. The average Bonchev–Trinajstić information content (AvgIpc) is 3.20. The summed E-state index contributed by atoms with van der Waals surface area (Å²) in [4.78, 5) is 38.7. The third kappa shape index (κ3) is 4.25. The summed E-state index contributed by atoms with van der Waals surface area (Å²) in [7, 11) is 2.61. The molecule has 4 rings (SSSR count). The highest BCUT2D eigenvalue weighted by Gasteiger charge is 2.36. The van der Waals surface area contributed by atoms with Crippen LogP contribution in [0.1, 0.15) is 11.5 Å². The number of fused-ring (bicyclic) bond motifs is 1. The van der Waals surface area contributed by atoms with Gasteiger partial charge in [-0.15, -0.1) is 11.3 Å². The van der Waals surface area contributed by atoms with Gasteiger partial charge in [0.25, 0.3) is 11.5 Å². The number of nitrogens with one attached hydrogen (secondary N) is 1. The summed E-state index contributed by atoms with van der Waals surface area (Å²) in [5, 5.41) is 12.8. The van der Waals surface area contributed by atoms with Crippen LogP contribution in [-0.2, 0) is 14.3 Å². The van der Waals surface area contributed by atoms with Crippen LogP contribution in [0.5, 0.6) is 5.75 Å². The van der Waals surface area contributed by atoms with Gasteiger partial charge in [0.05, 0.1) is 43.0 Å². The number of rotatable bonds is 5. The minimum absolute atomic E-state index is 0.0184. The van der Waals surface area contributed by atoms with Gasteiger partial charge in [-0.2, -0.15) is 5.26 Å². The van der Waals surface area contributed by atoms with Gasteiger partial charge in [-0.05, 0) is 29.8 Å². The molecule has 1 aliphatic rings. The van der Waals surface area contributed by atoms with Crippen LogP contribution >= 0.6 is 11.3 Å². The number of anilines is 1. The molecule has 1 amide bonds. The van der Waals surface area contributed by atoms with Crippen LogP contribution in [0.25, 0.3) is 17.5 Å². The number of nitriles is 1. The van der Waals surface area contributed by atoms with Gasteiger partial charge in [-0.1, -0.05) is 24.3 Å². The van der Waals surface area contributed by atoms with Gasteiger partial charge in [0.1, 0.15) is 26.6 Å². The fraction of sp³-hybridized carbons (Fsp3) is 0.120. The highest BCUT2D eigenvalue weighted by molar-refractivity contribution is 7.07. The molecule has 9 nitrogen and oxygen atoms in total. The Hall–Kier alpha value is -4.69. The zero-order valence-electron chi connectivity index (χ0n) is 19.1. The largest absolute Gasteiger partial charge is 0.495 e. The number of nitrogens with zero attached hydrogens (tertiary/aromatic N) is 2. The predicted molar refractivity (Wildman–Crippen MR) is 131 cm³/mol. The number of esters is 1. The Morgan fingerprint density at radius 2 is 1.89 bits per heavy atom. The second-order valence-corrected chi connectivity index (χ2v) is 8.57. The molecule has 1 aromatic heterocycles. The van der Waals surface area contributed by atoms with Crippen LogP contribution in [0.2, 0.25) is 0 Å². The number of hydrogen-bond donors (Lipinski definition) is 2. The molecule has 2 heterocycles. The van der Waals surface area contributed by atoms with Crippen molar-refractivity contribution < 1.29 is 23.5 Å². The fourth-order valence-electron chi connectivity index (χ4n) is 3.86. The van der Waals surface area contributed by atoms with Gasteiger partial charge in [-0.25, -0.2) is 9.18 Å². The summed E-state index contributed by atoms with van der Waals surface area (Å²) in [5.41, 5.74) is 6.26. The van der Waals surface area contributed by atoms with Crippen molar-refractivity contribution in [1.29, 1.82) is 5.26 Å². The number of allylic oxidation sites excluding steroid dienone is 1. The SMILES string of the molecule is COC(=O)/C=c1\sc2n(c1=O)C(N)=C(C#N)[C@@H](c1ccc(F)cc1)C=2C(=O)Nc1ccccc1OC. The molecule has 0 fully saturated rings. The molecule has 3 aromatic rings. The van der Waals surface area contributed by atoms with Gasteiger partial charge in [0.2, 0.25) is 0 Å². The van der Waals surface area contributed by atoms with Crippen molar-refractivity contribution in [2.45, 2.75) is 5.92 Å². The van der Waals surface area contributed by atoms with Crippen molar-refractivity contribution in [3.63, 3.8) is 0 Å². The standard InChI is InChI=1S/C25H19FN4O5S/c1-34-17-6-4-3-5-16(17)29-23(32)21-20(13-7-9-14(26)10-8-13)15(12-27)22(28)30-24(33)18(36-25(21)30)11-19(31)35-2/h3-11,20H,28H2,1-2H3,(H,29,32)/b18-11-/t20-/m1/s1. The molecule has 36 heavy (non-hydrogen) atoms. The summed E-state index contributed by atoms with van der Waals surface area (Å²) in [5.74, 6) is -2.75. The van der Waals surface area contributed by atoms with E-state index >= 15 is 0 Å². The number of thiazole rings is 1. The maximum Gasteiger partial charge on any atom is 0.332 e. The van der Waals surface area contributed by atoms with Crippen molar-refractivity contribution in [3.05, 3.63) is 85.0 Å². The summed E-state index contributed by atoms with van der Waals surface area (Å²) >= 11 is 0.848. The second-order valence-electron chi connectivity index (χ2n) is 7.54. The number of carbonyl (C=O) groups is 2. The van der Waals surface area contributed by atoms with Gasteiger partial charge in [-0.3, -0.25) is 14.2 Å². The van der Waals surface area contributed by atoms with Crippen LogP contribution in [0.15, 0.2) is 58.9 Å². The molecule has 3 N–H and O–H groups in total. The van der Waals surface area contributed by atoms with E-state index in [-0.39, 0.29) is 26.2 Å². The first-order valence-corrected chi connectivity index (χ1v) is 11.3. The van der Waals surface area contributed by atoms with Crippen LogP contribution in [0, 0.1) is 17.1 Å². The lowest BCUT2D eigenvalue weighted by molar-refractivity contribution is -0.133. The molecule has 0 saturated carbocycles. The van der Waals surface area contributed by atoms with Crippen molar-refractivity contribution >= 4 is 46.4 Å². The normalized spacial score (nSPS) is 15.2. The topological polar surface area (TPSA) is 136 Å². The lowest BCUT2D eigenvalue weighted by Crippen LogP contribution is -2.40. The van der Waals surface area contributed by atoms with E-state index in [1.54, 1.807) is 24.3 Å². The number of carbonyl (C=O) groups excluding carboxylic acids is 2. The zero-order valence-corrected chi connectivity index (χ0v) is 19.9. The lowest BCUT2D eigenvalue weighted by atomic mass is 9.83. The third-order valence-corrected chi connectivity index (χ3v) is 6.63. The Kier molecular flexibility index (Phi) is 6.71. The molecule has 0 spiro atoms. The molecule has 2 aromatic carbocycles. The maximum absolute atomic E-state index is 13.8. The second kappa shape index (κ2) is 9.89. The van der Waals surface area contributed by atoms with E-state index in [2.05, 4.69) is 10.1 Å². The molecule has 182 valence electrons. The summed E-state index contributed by atoms with van der Waals surface area (Å²) in [6.07, 6.45) is 0.986. The zero-order chi connectivity index (χ0) is 26.0. The first kappa shape index (κ1) is 24.4. The molecule has 1 aliphatic heterocycles. The van der Waals surface area contributed by atoms with Crippen LogP contribution in [0.3, 0.4) is 0 Å². The van der Waals surface area contributed by atoms with E-state index in [1.807, 2.05) is 6.07 Å². The van der Waals surface area contributed by atoms with E-state index in [9.17, 15) is 24.0 Å². The van der Waals surface area contributed by atoms with Crippen molar-refractivity contribution in [2.75, 3.05) is 19.5 Å². The number of halogens is 1. The predicted octanol–water partition coefficient (Wildman–Crippen LogP) is 1.25. The molecule has 0 saturated heterocycles. The Bertz CT molecular complexity index is 1630. The molecule has 0 aliphatic carbocycles. The number of benzene rings is 2. The highest BCUT2D eigenvalue weighted by Crippen LogP contribution is 2.37. The quantitative estimate of drug-likeness (QED) is 0.497. The van der Waals surface area contributed by atoms with E-state index in [1.165, 1.54) is 31.4 Å². The molecular formula is C25H19FN4O5S. The number of nitrogens with two attached hydrogens (primary N) is 1. The monoisotopic (exact) mass is 506 g/mol. The van der Waals surface area contributed by atoms with Gasteiger partial charge < -0.3 is 20.5 Å². The van der Waals surface area contributed by atoms with E-state index < -0.39 is 29.2 Å². The molecular weight excluding hydrogens is 487 g/mol. The van der Waals surface area contributed by atoms with Crippen molar-refractivity contribution in [2.24, 2.45) is 5.73 Å². The molecule has 0 radical (unpaired) electrons. The van der Waals surface area contributed by atoms with Gasteiger partial charge in [0, 0.05) is 6.08 Å². The van der Waals surface area contributed by atoms with Gasteiger partial charge in [0.15, 0.2) is 0 Å². The first-order chi connectivity index (χ1) is 17.3. The third-order valence-electron chi connectivity index (χ3n) is 5.52. The van der Waals surface area contributed by atoms with E-state index in [0.29, 0.717) is 17.0 Å². The lowest BCUT2D eigenvalue weighted by Gasteiger charge is -2.25. The smallest absolute Gasteiger partial charge is 0.332 e. The van der Waals surface area contributed by atoms with Crippen LogP contribution in [0.4, 0.5) is 10.1 Å². The fourth-order valence-corrected chi connectivity index (χ4v) is 4.99. The number of hydrogen-bond acceptors (Lipinski definition) is 8. The van der Waals surface area contributed by atoms with Crippen molar-refractivity contribution in [1.82, 2.24) is 4.57 Å². The Labute approximate surface area is 207 Å². The summed E-state index contributed by atoms with van der Waals surface area (Å²) in [6, 6.07) is 14.0.